The van der Waals surface area contributed by atoms with Gasteiger partial charge in [-0.05, 0) is 54.8 Å². The van der Waals surface area contributed by atoms with Gasteiger partial charge >= 0.3 is 0 Å². The molecule has 2 aromatic heterocycles. The zero-order valence-corrected chi connectivity index (χ0v) is 29.6. The molecular weight excluding hydrogens is 632 g/mol. The van der Waals surface area contributed by atoms with Crippen LogP contribution < -0.4 is 15.4 Å². The molecule has 0 bridgehead atoms. The van der Waals surface area contributed by atoms with Crippen LogP contribution in [-0.4, -0.2) is 97.3 Å². The molecule has 1 aliphatic rings. The Labute approximate surface area is 287 Å². The second-order valence-corrected chi connectivity index (χ2v) is 13.5. The maximum Gasteiger partial charge on any atom is 0.254 e. The summed E-state index contributed by atoms with van der Waals surface area (Å²) in [7, 11) is 3.50. The van der Waals surface area contributed by atoms with Gasteiger partial charge in [0.05, 0.1) is 29.3 Å². The van der Waals surface area contributed by atoms with E-state index in [1.807, 2.05) is 50.5 Å². The topological polar surface area (TPSA) is 139 Å². The molecule has 0 radical (unpaired) electrons. The summed E-state index contributed by atoms with van der Waals surface area (Å²) in [5, 5.41) is 10.3. The minimum absolute atomic E-state index is 0.0663. The standard InChI is InChI=1S/C35H50N6O6S/c1-24(2)32(29-21-30(39-47-29)46-19-7-6-18-45-20-16-36-15-14-31(42)40(4)5)35(44)41-17-8-9-28(41)34(43)37-22-26-10-12-27(13-11-26)33-25(3)38-23-48-33/h10-13,21,23-24,28,32,36H,6-9,14-20,22H2,1-5H3,(H,37,43)/t28-,32-/m0/s1. The number of aryl methyl sites for hydroxylation is 1. The number of carbonyl (C=O) groups excluding carboxylic acids is 3. The fraction of sp³-hybridized carbons (Fsp3) is 0.571. The van der Waals surface area contributed by atoms with Crippen molar-refractivity contribution in [3.05, 3.63) is 52.9 Å². The zero-order chi connectivity index (χ0) is 34.5. The Bertz CT molecular complexity index is 1460. The average molecular weight is 683 g/mol. The molecule has 2 atom stereocenters. The van der Waals surface area contributed by atoms with Gasteiger partial charge in [-0.3, -0.25) is 14.4 Å². The van der Waals surface area contributed by atoms with E-state index in [0.717, 1.165) is 41.0 Å². The minimum Gasteiger partial charge on any atom is -0.476 e. The molecule has 3 heterocycles. The van der Waals surface area contributed by atoms with Crippen molar-refractivity contribution in [1.29, 1.82) is 0 Å². The van der Waals surface area contributed by atoms with Crippen molar-refractivity contribution in [3.8, 4) is 16.3 Å². The second kappa shape index (κ2) is 18.7. The molecule has 0 aliphatic carbocycles. The summed E-state index contributed by atoms with van der Waals surface area (Å²) in [6.45, 7) is 9.81. The van der Waals surface area contributed by atoms with Gasteiger partial charge in [0.2, 0.25) is 17.7 Å². The highest BCUT2D eigenvalue weighted by atomic mass is 32.1. The molecule has 48 heavy (non-hydrogen) atoms. The molecule has 1 aromatic carbocycles. The third kappa shape index (κ3) is 10.6. The molecule has 0 unspecified atom stereocenters. The van der Waals surface area contributed by atoms with E-state index in [1.54, 1.807) is 41.3 Å². The fourth-order valence-electron chi connectivity index (χ4n) is 5.64. The molecule has 4 rings (SSSR count). The fourth-order valence-corrected chi connectivity index (χ4v) is 6.45. The molecule has 1 aliphatic heterocycles. The predicted octanol–water partition coefficient (Wildman–Crippen LogP) is 4.40. The van der Waals surface area contributed by atoms with E-state index in [0.29, 0.717) is 70.5 Å². The Morgan fingerprint density at radius 2 is 1.88 bits per heavy atom. The van der Waals surface area contributed by atoms with E-state index < -0.39 is 12.0 Å². The summed E-state index contributed by atoms with van der Waals surface area (Å²) < 4.78 is 17.0. The number of aromatic nitrogens is 2. The van der Waals surface area contributed by atoms with Crippen molar-refractivity contribution in [2.24, 2.45) is 5.92 Å². The summed E-state index contributed by atoms with van der Waals surface area (Å²) in [5.74, 6) is -0.0401. The van der Waals surface area contributed by atoms with Gasteiger partial charge in [0.25, 0.3) is 5.88 Å². The number of hydrogen-bond acceptors (Lipinski definition) is 10. The molecule has 13 heteroatoms. The number of benzene rings is 1. The summed E-state index contributed by atoms with van der Waals surface area (Å²) >= 11 is 1.61. The number of hydrogen-bond donors (Lipinski definition) is 2. The molecule has 0 saturated carbocycles. The number of likely N-dealkylation sites (tertiary alicyclic amines) is 1. The predicted molar refractivity (Wildman–Crippen MR) is 185 cm³/mol. The van der Waals surface area contributed by atoms with Crippen LogP contribution >= 0.6 is 11.3 Å². The second-order valence-electron chi connectivity index (χ2n) is 12.6. The first-order valence-corrected chi connectivity index (χ1v) is 17.7. The lowest BCUT2D eigenvalue weighted by atomic mass is 9.91. The normalized spacial score (nSPS) is 15.1. The number of nitrogens with one attached hydrogen (secondary N) is 2. The lowest BCUT2D eigenvalue weighted by Crippen LogP contribution is -2.47. The number of rotatable bonds is 19. The molecular formula is C35H50N6O6S. The van der Waals surface area contributed by atoms with E-state index in [-0.39, 0.29) is 23.6 Å². The zero-order valence-electron chi connectivity index (χ0n) is 28.8. The largest absolute Gasteiger partial charge is 0.476 e. The first-order chi connectivity index (χ1) is 23.2. The molecule has 1 fully saturated rings. The molecule has 2 N–H and O–H groups in total. The van der Waals surface area contributed by atoms with Gasteiger partial charge in [-0.25, -0.2) is 4.98 Å². The lowest BCUT2D eigenvalue weighted by molar-refractivity contribution is -0.140. The van der Waals surface area contributed by atoms with Crippen LogP contribution in [0.25, 0.3) is 10.4 Å². The van der Waals surface area contributed by atoms with Crippen molar-refractivity contribution in [1.82, 2.24) is 30.6 Å². The summed E-state index contributed by atoms with van der Waals surface area (Å²) in [5.41, 5.74) is 4.95. The number of ether oxygens (including phenoxy) is 2. The Morgan fingerprint density at radius 3 is 2.58 bits per heavy atom. The molecule has 1 saturated heterocycles. The number of nitrogens with zero attached hydrogens (tertiary/aromatic N) is 4. The summed E-state index contributed by atoms with van der Waals surface area (Å²) in [6, 6.07) is 9.28. The number of thiazole rings is 1. The van der Waals surface area contributed by atoms with Crippen molar-refractivity contribution in [2.45, 2.75) is 71.4 Å². The SMILES string of the molecule is Cc1ncsc1-c1ccc(CNC(=O)[C@@H]2CCCN2C(=O)[C@H](c2cc(OCCCCOCCNCCC(=O)N(C)C)no2)C(C)C)cc1. The Kier molecular flexibility index (Phi) is 14.4. The smallest absolute Gasteiger partial charge is 0.254 e. The lowest BCUT2D eigenvalue weighted by Gasteiger charge is -2.28. The molecule has 0 spiro atoms. The highest BCUT2D eigenvalue weighted by molar-refractivity contribution is 7.13. The highest BCUT2D eigenvalue weighted by Crippen LogP contribution is 2.32. The van der Waals surface area contributed by atoms with Crippen LogP contribution in [0.2, 0.25) is 0 Å². The van der Waals surface area contributed by atoms with Crippen LogP contribution in [-0.2, 0) is 25.7 Å². The first-order valence-electron chi connectivity index (χ1n) is 16.8. The number of carbonyl (C=O) groups is 3. The van der Waals surface area contributed by atoms with Gasteiger partial charge in [-0.15, -0.1) is 11.3 Å². The third-order valence-corrected chi connectivity index (χ3v) is 9.36. The van der Waals surface area contributed by atoms with Gasteiger partial charge in [-0.1, -0.05) is 38.1 Å². The van der Waals surface area contributed by atoms with Crippen LogP contribution in [0.1, 0.15) is 68.9 Å². The van der Waals surface area contributed by atoms with E-state index in [4.69, 9.17) is 14.0 Å². The third-order valence-electron chi connectivity index (χ3n) is 8.38. The highest BCUT2D eigenvalue weighted by Gasteiger charge is 2.40. The molecule has 3 amide bonds. The number of amides is 3. The first kappa shape index (κ1) is 37.0. The van der Waals surface area contributed by atoms with Crippen LogP contribution in [0.15, 0.2) is 40.4 Å². The van der Waals surface area contributed by atoms with Gasteiger partial charge in [0.1, 0.15) is 12.0 Å². The summed E-state index contributed by atoms with van der Waals surface area (Å²) in [6.07, 6.45) is 3.46. The van der Waals surface area contributed by atoms with Crippen LogP contribution in [0.3, 0.4) is 0 Å². The molecule has 12 nitrogen and oxygen atoms in total. The van der Waals surface area contributed by atoms with Crippen LogP contribution in [0.4, 0.5) is 0 Å². The van der Waals surface area contributed by atoms with Gasteiger partial charge < -0.3 is 34.4 Å². The van der Waals surface area contributed by atoms with Crippen molar-refractivity contribution >= 4 is 29.1 Å². The maximum absolute atomic E-state index is 13.8. The van der Waals surface area contributed by atoms with Gasteiger partial charge in [-0.2, -0.15) is 0 Å². The van der Waals surface area contributed by atoms with Gasteiger partial charge in [0.15, 0.2) is 5.76 Å². The van der Waals surface area contributed by atoms with Crippen molar-refractivity contribution in [3.63, 3.8) is 0 Å². The maximum atomic E-state index is 13.8. The van der Waals surface area contributed by atoms with Crippen LogP contribution in [0.5, 0.6) is 5.88 Å². The molecule has 3 aromatic rings. The van der Waals surface area contributed by atoms with E-state index in [2.05, 4.69) is 20.8 Å². The van der Waals surface area contributed by atoms with Crippen molar-refractivity contribution in [2.75, 3.05) is 53.6 Å². The minimum atomic E-state index is -0.575. The Morgan fingerprint density at radius 1 is 1.10 bits per heavy atom. The van der Waals surface area contributed by atoms with E-state index in [1.165, 1.54) is 0 Å². The average Bonchev–Trinajstić information content (AvgIpc) is 3.84. The van der Waals surface area contributed by atoms with Crippen molar-refractivity contribution < 1.29 is 28.4 Å². The van der Waals surface area contributed by atoms with Crippen LogP contribution in [0, 0.1) is 12.8 Å². The summed E-state index contributed by atoms with van der Waals surface area (Å²) in [4.78, 5) is 47.4. The van der Waals surface area contributed by atoms with E-state index >= 15 is 0 Å². The monoisotopic (exact) mass is 682 g/mol. The van der Waals surface area contributed by atoms with E-state index in [9.17, 15) is 14.4 Å². The Balaban J connectivity index is 1.18. The number of unbranched alkanes of at least 4 members (excludes halogenated alkanes) is 1. The van der Waals surface area contributed by atoms with Gasteiger partial charge in [0, 0.05) is 59.4 Å². The quantitative estimate of drug-likeness (QED) is 0.176. The molecule has 262 valence electrons. The Hall–Kier alpha value is -3.81.